The highest BCUT2D eigenvalue weighted by Crippen LogP contribution is 2.47. The molecular formula is C15H20BrNO2. The Morgan fingerprint density at radius 3 is 2.58 bits per heavy atom. The lowest BCUT2D eigenvalue weighted by Gasteiger charge is -2.19. The lowest BCUT2D eigenvalue weighted by atomic mass is 10.1. The Labute approximate surface area is 122 Å². The van der Waals surface area contributed by atoms with Gasteiger partial charge in [0.25, 0.3) is 0 Å². The van der Waals surface area contributed by atoms with E-state index in [1.54, 1.807) is 0 Å². The smallest absolute Gasteiger partial charge is 0.407 e. The van der Waals surface area contributed by atoms with Crippen LogP contribution in [0.15, 0.2) is 28.7 Å². The van der Waals surface area contributed by atoms with Gasteiger partial charge in [0.15, 0.2) is 0 Å². The van der Waals surface area contributed by atoms with Gasteiger partial charge in [-0.15, -0.1) is 0 Å². The van der Waals surface area contributed by atoms with Gasteiger partial charge in [-0.1, -0.05) is 28.1 Å². The Morgan fingerprint density at radius 2 is 2.00 bits per heavy atom. The summed E-state index contributed by atoms with van der Waals surface area (Å²) in [5.74, 6) is 1.11. The second-order valence-electron chi connectivity index (χ2n) is 6.04. The first-order valence-electron chi connectivity index (χ1n) is 6.57. The zero-order valence-electron chi connectivity index (χ0n) is 11.6. The summed E-state index contributed by atoms with van der Waals surface area (Å²) < 4.78 is 6.31. The molecule has 3 nitrogen and oxygen atoms in total. The van der Waals surface area contributed by atoms with E-state index in [-0.39, 0.29) is 6.09 Å². The van der Waals surface area contributed by atoms with Crippen molar-refractivity contribution in [1.82, 2.24) is 5.32 Å². The molecule has 1 fully saturated rings. The first-order chi connectivity index (χ1) is 8.85. The molecule has 0 aliphatic heterocycles. The van der Waals surface area contributed by atoms with E-state index in [1.165, 1.54) is 5.56 Å². The predicted molar refractivity (Wildman–Crippen MR) is 79.2 cm³/mol. The van der Waals surface area contributed by atoms with Crippen molar-refractivity contribution in [3.8, 4) is 0 Å². The molecule has 1 aliphatic carbocycles. The molecule has 2 rings (SSSR count). The highest BCUT2D eigenvalue weighted by Gasteiger charge is 2.38. The molecule has 0 radical (unpaired) electrons. The fourth-order valence-corrected chi connectivity index (χ4v) is 2.38. The SMILES string of the molecule is CC(C)(C)OC(=O)NCC1CC1c1ccc(Br)cc1. The number of alkyl carbamates (subject to hydrolysis) is 1. The first-order valence-corrected chi connectivity index (χ1v) is 7.37. The molecule has 0 aromatic heterocycles. The van der Waals surface area contributed by atoms with Crippen LogP contribution in [0.2, 0.25) is 0 Å². The van der Waals surface area contributed by atoms with Crippen LogP contribution >= 0.6 is 15.9 Å². The number of benzene rings is 1. The van der Waals surface area contributed by atoms with E-state index in [2.05, 4.69) is 45.5 Å². The lowest BCUT2D eigenvalue weighted by molar-refractivity contribution is 0.0525. The lowest BCUT2D eigenvalue weighted by Crippen LogP contribution is -2.33. The minimum atomic E-state index is -0.432. The van der Waals surface area contributed by atoms with Crippen molar-refractivity contribution in [2.75, 3.05) is 6.54 Å². The van der Waals surface area contributed by atoms with E-state index in [4.69, 9.17) is 4.74 Å². The standard InChI is InChI=1S/C15H20BrNO2/c1-15(2,3)19-14(18)17-9-11-8-13(11)10-4-6-12(16)7-5-10/h4-7,11,13H,8-9H2,1-3H3,(H,17,18). The number of hydrogen-bond donors (Lipinski definition) is 1. The van der Waals surface area contributed by atoms with Gasteiger partial charge in [0.1, 0.15) is 5.60 Å². The Bertz CT molecular complexity index is 450. The Morgan fingerprint density at radius 1 is 1.37 bits per heavy atom. The molecule has 1 amide bonds. The molecule has 0 spiro atoms. The Hall–Kier alpha value is -1.03. The summed E-state index contributed by atoms with van der Waals surface area (Å²) in [5, 5.41) is 2.84. The van der Waals surface area contributed by atoms with Gasteiger partial charge in [0, 0.05) is 11.0 Å². The van der Waals surface area contributed by atoms with Crippen LogP contribution in [0.3, 0.4) is 0 Å². The molecule has 1 N–H and O–H groups in total. The summed E-state index contributed by atoms with van der Waals surface area (Å²) in [6.45, 7) is 6.30. The molecule has 0 saturated heterocycles. The minimum Gasteiger partial charge on any atom is -0.444 e. The zero-order chi connectivity index (χ0) is 14.0. The molecular weight excluding hydrogens is 306 g/mol. The number of nitrogens with one attached hydrogen (secondary N) is 1. The largest absolute Gasteiger partial charge is 0.444 e. The van der Waals surface area contributed by atoms with Crippen LogP contribution in [0, 0.1) is 5.92 Å². The van der Waals surface area contributed by atoms with Crippen molar-refractivity contribution in [1.29, 1.82) is 0 Å². The maximum Gasteiger partial charge on any atom is 0.407 e. The topological polar surface area (TPSA) is 38.3 Å². The van der Waals surface area contributed by atoms with Crippen LogP contribution in [0.4, 0.5) is 4.79 Å². The monoisotopic (exact) mass is 325 g/mol. The van der Waals surface area contributed by atoms with Gasteiger partial charge in [-0.25, -0.2) is 4.79 Å². The van der Waals surface area contributed by atoms with Crippen LogP contribution in [0.1, 0.15) is 38.7 Å². The van der Waals surface area contributed by atoms with Gasteiger partial charge in [-0.3, -0.25) is 0 Å². The molecule has 1 saturated carbocycles. The first kappa shape index (κ1) is 14.4. The van der Waals surface area contributed by atoms with Crippen LogP contribution < -0.4 is 5.32 Å². The number of hydrogen-bond acceptors (Lipinski definition) is 2. The van der Waals surface area contributed by atoms with Gasteiger partial charge in [-0.2, -0.15) is 0 Å². The molecule has 1 aromatic rings. The zero-order valence-corrected chi connectivity index (χ0v) is 13.2. The van der Waals surface area contributed by atoms with Crippen molar-refractivity contribution >= 4 is 22.0 Å². The quantitative estimate of drug-likeness (QED) is 0.909. The normalized spacial score (nSPS) is 21.9. The molecule has 19 heavy (non-hydrogen) atoms. The number of carbonyl (C=O) groups is 1. The van der Waals surface area contributed by atoms with Crippen molar-refractivity contribution < 1.29 is 9.53 Å². The van der Waals surface area contributed by atoms with Crippen LogP contribution in [0.5, 0.6) is 0 Å². The van der Waals surface area contributed by atoms with Gasteiger partial charge < -0.3 is 10.1 Å². The van der Waals surface area contributed by atoms with Gasteiger partial charge in [0.2, 0.25) is 0 Å². The number of amides is 1. The second-order valence-corrected chi connectivity index (χ2v) is 6.95. The molecule has 2 unspecified atom stereocenters. The van der Waals surface area contributed by atoms with Crippen LogP contribution in [-0.2, 0) is 4.74 Å². The van der Waals surface area contributed by atoms with Gasteiger partial charge >= 0.3 is 6.09 Å². The van der Waals surface area contributed by atoms with E-state index in [9.17, 15) is 4.79 Å². The second kappa shape index (κ2) is 5.53. The molecule has 0 heterocycles. The number of halogens is 1. The van der Waals surface area contributed by atoms with E-state index in [0.29, 0.717) is 18.4 Å². The third-order valence-corrected chi connectivity index (χ3v) is 3.66. The van der Waals surface area contributed by atoms with Crippen molar-refractivity contribution in [3.05, 3.63) is 34.3 Å². The fraction of sp³-hybridized carbons (Fsp3) is 0.533. The number of rotatable bonds is 3. The maximum atomic E-state index is 11.5. The van der Waals surface area contributed by atoms with E-state index >= 15 is 0 Å². The van der Waals surface area contributed by atoms with E-state index in [0.717, 1.165) is 10.9 Å². The van der Waals surface area contributed by atoms with Crippen molar-refractivity contribution in [3.63, 3.8) is 0 Å². The minimum absolute atomic E-state index is 0.325. The fourth-order valence-electron chi connectivity index (χ4n) is 2.12. The Balaban J connectivity index is 1.75. The summed E-state index contributed by atoms with van der Waals surface area (Å²) in [4.78, 5) is 11.5. The van der Waals surface area contributed by atoms with Gasteiger partial charge in [-0.05, 0) is 56.7 Å². The maximum absolute atomic E-state index is 11.5. The summed E-state index contributed by atoms with van der Waals surface area (Å²) in [7, 11) is 0. The number of ether oxygens (including phenoxy) is 1. The molecule has 0 bridgehead atoms. The molecule has 104 valence electrons. The molecule has 1 aromatic carbocycles. The Kier molecular flexibility index (Phi) is 4.19. The third-order valence-electron chi connectivity index (χ3n) is 3.13. The highest BCUT2D eigenvalue weighted by atomic mass is 79.9. The van der Waals surface area contributed by atoms with Crippen molar-refractivity contribution in [2.24, 2.45) is 5.92 Å². The summed E-state index contributed by atoms with van der Waals surface area (Å²) in [5.41, 5.74) is 0.915. The predicted octanol–water partition coefficient (Wildman–Crippen LogP) is 4.08. The van der Waals surface area contributed by atoms with Gasteiger partial charge in [0.05, 0.1) is 0 Å². The average molecular weight is 326 g/mol. The number of carbonyl (C=O) groups excluding carboxylic acids is 1. The summed E-state index contributed by atoms with van der Waals surface area (Å²) in [6, 6.07) is 8.41. The van der Waals surface area contributed by atoms with Crippen LogP contribution in [0.25, 0.3) is 0 Å². The summed E-state index contributed by atoms with van der Waals surface area (Å²) >= 11 is 3.43. The molecule has 4 heteroatoms. The van der Waals surface area contributed by atoms with Crippen LogP contribution in [-0.4, -0.2) is 18.2 Å². The molecule has 2 atom stereocenters. The van der Waals surface area contributed by atoms with E-state index < -0.39 is 5.60 Å². The van der Waals surface area contributed by atoms with E-state index in [1.807, 2.05) is 20.8 Å². The molecule has 1 aliphatic rings. The highest BCUT2D eigenvalue weighted by molar-refractivity contribution is 9.10. The average Bonchev–Trinajstić information content (AvgIpc) is 3.04. The third kappa shape index (κ3) is 4.53. The summed E-state index contributed by atoms with van der Waals surface area (Å²) in [6.07, 6.45) is 0.811. The van der Waals surface area contributed by atoms with Crippen molar-refractivity contribution in [2.45, 2.75) is 38.7 Å².